The van der Waals surface area contributed by atoms with E-state index in [1.165, 1.54) is 0 Å². The number of hydrogen-bond acceptors (Lipinski definition) is 4. The quantitative estimate of drug-likeness (QED) is 0.587. The monoisotopic (exact) mass is 336 g/mol. The molecular weight excluding hydrogens is 320 g/mol. The maximum absolute atomic E-state index is 11.7. The highest BCUT2D eigenvalue weighted by Gasteiger charge is 2.63. The Kier molecular flexibility index (Phi) is 4.33. The summed E-state index contributed by atoms with van der Waals surface area (Å²) in [7, 11) is 0. The highest BCUT2D eigenvalue weighted by Crippen LogP contribution is 2.53. The third-order valence-electron chi connectivity index (χ3n) is 4.70. The van der Waals surface area contributed by atoms with Crippen molar-refractivity contribution in [2.24, 2.45) is 10.8 Å². The third-order valence-corrected chi connectivity index (χ3v) is 4.70. The Morgan fingerprint density at radius 1 is 0.750 bits per heavy atom. The lowest BCUT2D eigenvalue weighted by Gasteiger charge is -2.42. The average molecular weight is 336 g/mol. The molecule has 1 saturated carbocycles. The van der Waals surface area contributed by atoms with Crippen molar-refractivity contribution < 1.29 is 39.6 Å². The molecule has 0 bridgehead atoms. The van der Waals surface area contributed by atoms with Gasteiger partial charge in [-0.25, -0.2) is 0 Å². The fourth-order valence-corrected chi connectivity index (χ4v) is 3.37. The van der Waals surface area contributed by atoms with E-state index in [9.17, 15) is 39.6 Å². The van der Waals surface area contributed by atoms with Crippen molar-refractivity contribution in [3.05, 3.63) is 35.9 Å². The third kappa shape index (κ3) is 2.60. The molecule has 0 atom stereocenters. The second kappa shape index (κ2) is 5.95. The van der Waals surface area contributed by atoms with E-state index in [4.69, 9.17) is 0 Å². The maximum Gasteiger partial charge on any atom is 0.321 e. The van der Waals surface area contributed by atoms with Crippen LogP contribution in [0.5, 0.6) is 0 Å². The summed E-state index contributed by atoms with van der Waals surface area (Å²) >= 11 is 0. The first-order valence-corrected chi connectivity index (χ1v) is 7.14. The highest BCUT2D eigenvalue weighted by molar-refractivity contribution is 6.04. The van der Waals surface area contributed by atoms with Gasteiger partial charge in [0.15, 0.2) is 10.8 Å². The van der Waals surface area contributed by atoms with Crippen molar-refractivity contribution in [2.75, 3.05) is 0 Å². The van der Waals surface area contributed by atoms with Gasteiger partial charge in [-0.05, 0) is 24.3 Å². The van der Waals surface area contributed by atoms with Crippen molar-refractivity contribution in [3.8, 4) is 0 Å². The molecule has 128 valence electrons. The van der Waals surface area contributed by atoms with Crippen LogP contribution in [0.25, 0.3) is 0 Å². The molecule has 0 heterocycles. The zero-order valence-electron chi connectivity index (χ0n) is 12.5. The van der Waals surface area contributed by atoms with Crippen LogP contribution in [0.1, 0.15) is 30.7 Å². The molecular formula is C16H16O8. The van der Waals surface area contributed by atoms with E-state index in [0.29, 0.717) is 5.56 Å². The van der Waals surface area contributed by atoms with E-state index < -0.39 is 47.0 Å². The predicted octanol–water partition coefficient (Wildman–Crippen LogP) is 1.27. The highest BCUT2D eigenvalue weighted by atomic mass is 16.4. The van der Waals surface area contributed by atoms with Crippen molar-refractivity contribution in [2.45, 2.75) is 25.2 Å². The smallest absolute Gasteiger partial charge is 0.321 e. The first-order valence-electron chi connectivity index (χ1n) is 7.14. The predicted molar refractivity (Wildman–Crippen MR) is 78.4 cm³/mol. The first-order chi connectivity index (χ1) is 11.2. The van der Waals surface area contributed by atoms with Gasteiger partial charge in [0.1, 0.15) is 0 Å². The molecule has 8 heteroatoms. The summed E-state index contributed by atoms with van der Waals surface area (Å²) in [6.45, 7) is 0. The molecule has 0 aliphatic heterocycles. The number of hydrogen-bond donors (Lipinski definition) is 4. The van der Waals surface area contributed by atoms with Crippen LogP contribution in [0.4, 0.5) is 0 Å². The van der Waals surface area contributed by atoms with Gasteiger partial charge in [-0.1, -0.05) is 30.3 Å². The van der Waals surface area contributed by atoms with Crippen molar-refractivity contribution in [1.82, 2.24) is 0 Å². The minimum atomic E-state index is -2.48. The summed E-state index contributed by atoms with van der Waals surface area (Å²) in [4.78, 5) is 46.6. The van der Waals surface area contributed by atoms with Crippen LogP contribution in [-0.2, 0) is 19.2 Å². The van der Waals surface area contributed by atoms with Gasteiger partial charge in [0, 0.05) is 6.42 Å². The SMILES string of the molecule is O=C(O)C1(C(=O)O)CC(c2ccccc2)CC(C(=O)O)(C(=O)O)C1. The molecule has 0 amide bonds. The zero-order chi connectivity index (χ0) is 18.1. The van der Waals surface area contributed by atoms with Crippen LogP contribution in [-0.4, -0.2) is 44.3 Å². The summed E-state index contributed by atoms with van der Waals surface area (Å²) < 4.78 is 0. The van der Waals surface area contributed by atoms with Gasteiger partial charge in [-0.3, -0.25) is 19.2 Å². The van der Waals surface area contributed by atoms with E-state index in [-0.39, 0.29) is 12.8 Å². The molecule has 1 aliphatic rings. The summed E-state index contributed by atoms with van der Waals surface area (Å²) in [5.41, 5.74) is -4.44. The topological polar surface area (TPSA) is 149 Å². The molecule has 0 spiro atoms. The van der Waals surface area contributed by atoms with Crippen molar-refractivity contribution in [3.63, 3.8) is 0 Å². The zero-order valence-corrected chi connectivity index (χ0v) is 12.5. The number of carboxylic acids is 4. The number of aliphatic carboxylic acids is 4. The van der Waals surface area contributed by atoms with Crippen molar-refractivity contribution in [1.29, 1.82) is 0 Å². The van der Waals surface area contributed by atoms with Gasteiger partial charge >= 0.3 is 23.9 Å². The van der Waals surface area contributed by atoms with Crippen LogP contribution in [0, 0.1) is 10.8 Å². The van der Waals surface area contributed by atoms with Gasteiger partial charge in [0.05, 0.1) is 0 Å². The van der Waals surface area contributed by atoms with Crippen LogP contribution in [0.3, 0.4) is 0 Å². The lowest BCUT2D eigenvalue weighted by atomic mass is 9.57. The Morgan fingerprint density at radius 3 is 1.46 bits per heavy atom. The lowest BCUT2D eigenvalue weighted by Crippen LogP contribution is -2.54. The van der Waals surface area contributed by atoms with Crippen molar-refractivity contribution >= 4 is 23.9 Å². The minimum Gasteiger partial charge on any atom is -0.480 e. The van der Waals surface area contributed by atoms with Crippen LogP contribution in [0.2, 0.25) is 0 Å². The van der Waals surface area contributed by atoms with Gasteiger partial charge in [0.2, 0.25) is 0 Å². The normalized spacial score (nSPS) is 19.3. The summed E-state index contributed by atoms with van der Waals surface area (Å²) in [5, 5.41) is 37.8. The molecule has 0 unspecified atom stereocenters. The largest absolute Gasteiger partial charge is 0.480 e. The second-order valence-electron chi connectivity index (χ2n) is 6.08. The number of benzene rings is 1. The van der Waals surface area contributed by atoms with Crippen LogP contribution in [0.15, 0.2) is 30.3 Å². The van der Waals surface area contributed by atoms with E-state index in [2.05, 4.69) is 0 Å². The van der Waals surface area contributed by atoms with Gasteiger partial charge in [-0.2, -0.15) is 0 Å². The standard InChI is InChI=1S/C16H16O8/c17-11(18)15(12(19)20)6-10(9-4-2-1-3-5-9)7-16(8-15,13(21)22)14(23)24/h1-5,10H,6-8H2,(H,17,18)(H,19,20)(H,21,22)(H,23,24). The summed E-state index contributed by atoms with van der Waals surface area (Å²) in [6.07, 6.45) is -1.74. The summed E-state index contributed by atoms with van der Waals surface area (Å²) in [5.74, 6) is -7.76. The molecule has 1 fully saturated rings. The number of carbonyl (C=O) groups is 4. The summed E-state index contributed by atoms with van der Waals surface area (Å²) in [6, 6.07) is 8.15. The van der Waals surface area contributed by atoms with Crippen LogP contribution >= 0.6 is 0 Å². The molecule has 1 aliphatic carbocycles. The Hall–Kier alpha value is -2.90. The Balaban J connectivity index is 2.64. The fourth-order valence-electron chi connectivity index (χ4n) is 3.37. The van der Waals surface area contributed by atoms with E-state index in [0.717, 1.165) is 0 Å². The van der Waals surface area contributed by atoms with Gasteiger partial charge in [-0.15, -0.1) is 0 Å². The second-order valence-corrected chi connectivity index (χ2v) is 6.08. The Morgan fingerprint density at radius 2 is 1.12 bits per heavy atom. The Labute approximate surface area is 136 Å². The fraction of sp³-hybridized carbons (Fsp3) is 0.375. The van der Waals surface area contributed by atoms with E-state index in [1.54, 1.807) is 30.3 Å². The molecule has 8 nitrogen and oxygen atoms in total. The van der Waals surface area contributed by atoms with Gasteiger partial charge < -0.3 is 20.4 Å². The molecule has 2 rings (SSSR count). The molecule has 0 aromatic heterocycles. The minimum absolute atomic E-state index is 0.371. The molecule has 0 radical (unpaired) electrons. The lowest BCUT2D eigenvalue weighted by molar-refractivity contribution is -0.181. The van der Waals surface area contributed by atoms with Gasteiger partial charge in [0.25, 0.3) is 0 Å². The molecule has 0 saturated heterocycles. The molecule has 1 aromatic carbocycles. The first kappa shape index (κ1) is 17.5. The van der Waals surface area contributed by atoms with Crippen LogP contribution < -0.4 is 0 Å². The molecule has 4 N–H and O–H groups in total. The molecule has 1 aromatic rings. The van der Waals surface area contributed by atoms with E-state index >= 15 is 0 Å². The average Bonchev–Trinajstić information content (AvgIpc) is 2.54. The number of rotatable bonds is 5. The number of carboxylic acid groups (broad SMARTS) is 4. The Bertz CT molecular complexity index is 625. The maximum atomic E-state index is 11.7. The van der Waals surface area contributed by atoms with E-state index in [1.807, 2.05) is 0 Å². The molecule has 24 heavy (non-hydrogen) atoms.